The highest BCUT2D eigenvalue weighted by Crippen LogP contribution is 2.26. The molecule has 5 nitrogen and oxygen atoms in total. The smallest absolute Gasteiger partial charge is 0.261 e. The van der Waals surface area contributed by atoms with Crippen molar-refractivity contribution in [1.29, 1.82) is 0 Å². The zero-order valence-corrected chi connectivity index (χ0v) is 16.5. The molecule has 3 aromatic rings. The van der Waals surface area contributed by atoms with Crippen molar-refractivity contribution in [1.82, 2.24) is 4.90 Å². The van der Waals surface area contributed by atoms with Gasteiger partial charge in [-0.1, -0.05) is 36.4 Å². The Morgan fingerprint density at radius 2 is 1.66 bits per heavy atom. The number of benzene rings is 3. The van der Waals surface area contributed by atoms with E-state index in [1.807, 2.05) is 54.8 Å². The summed E-state index contributed by atoms with van der Waals surface area (Å²) in [5.74, 6) is -1.05. The van der Waals surface area contributed by atoms with Gasteiger partial charge in [0.25, 0.3) is 17.7 Å². The van der Waals surface area contributed by atoms with Gasteiger partial charge in [0.1, 0.15) is 0 Å². The van der Waals surface area contributed by atoms with Crippen LogP contribution in [0.5, 0.6) is 0 Å². The van der Waals surface area contributed by atoms with E-state index in [1.54, 1.807) is 30.0 Å². The highest BCUT2D eigenvalue weighted by Gasteiger charge is 2.35. The molecule has 0 radical (unpaired) electrons. The van der Waals surface area contributed by atoms with Gasteiger partial charge in [-0.25, -0.2) is 0 Å². The number of hydrogen-bond acceptors (Lipinski definition) is 4. The molecule has 144 valence electrons. The fourth-order valence-corrected chi connectivity index (χ4v) is 3.71. The maximum absolute atomic E-state index is 12.8. The molecule has 0 fully saturated rings. The van der Waals surface area contributed by atoms with E-state index in [0.717, 1.165) is 10.5 Å². The molecule has 1 aliphatic rings. The first-order valence-electron chi connectivity index (χ1n) is 9.06. The van der Waals surface area contributed by atoms with Crippen LogP contribution in [-0.2, 0) is 6.54 Å². The van der Waals surface area contributed by atoms with Gasteiger partial charge in [-0.3, -0.25) is 19.3 Å². The quantitative estimate of drug-likeness (QED) is 0.506. The zero-order chi connectivity index (χ0) is 20.4. The van der Waals surface area contributed by atoms with E-state index in [9.17, 15) is 14.4 Å². The van der Waals surface area contributed by atoms with Crippen LogP contribution in [0, 0.1) is 0 Å². The number of nitrogens with one attached hydrogen (secondary N) is 1. The Balaban J connectivity index is 1.56. The standard InChI is InChI=1S/C23H18N2O3S/c1-29-18-9-5-8-17(13-18)24-21(26)16-10-11-19-20(12-16)23(28)25(22(19)27)14-15-6-3-2-4-7-15/h2-13H,14H2,1H3,(H,24,26). The molecule has 0 unspecified atom stereocenters. The van der Waals surface area contributed by atoms with Gasteiger partial charge in [-0.15, -0.1) is 11.8 Å². The maximum atomic E-state index is 12.8. The third-order valence-electron chi connectivity index (χ3n) is 4.74. The normalized spacial score (nSPS) is 12.8. The number of thioether (sulfide) groups is 1. The maximum Gasteiger partial charge on any atom is 0.261 e. The first kappa shape index (κ1) is 19.0. The Labute approximate surface area is 172 Å². The SMILES string of the molecule is CSc1cccc(NC(=O)c2ccc3c(c2)C(=O)N(Cc2ccccc2)C3=O)c1. The van der Waals surface area contributed by atoms with Crippen LogP contribution in [0.2, 0.25) is 0 Å². The minimum Gasteiger partial charge on any atom is -0.322 e. The predicted molar refractivity (Wildman–Crippen MR) is 113 cm³/mol. The molecule has 0 saturated carbocycles. The average Bonchev–Trinajstić information content (AvgIpc) is 2.99. The summed E-state index contributed by atoms with van der Waals surface area (Å²) in [6.07, 6.45) is 1.96. The van der Waals surface area contributed by atoms with E-state index < -0.39 is 0 Å². The lowest BCUT2D eigenvalue weighted by Gasteiger charge is -2.13. The lowest BCUT2D eigenvalue weighted by Crippen LogP contribution is -2.29. The van der Waals surface area contributed by atoms with Crippen LogP contribution in [-0.4, -0.2) is 28.9 Å². The van der Waals surface area contributed by atoms with Gasteiger partial charge in [0.2, 0.25) is 0 Å². The van der Waals surface area contributed by atoms with Gasteiger partial charge >= 0.3 is 0 Å². The van der Waals surface area contributed by atoms with Crippen LogP contribution in [0.4, 0.5) is 5.69 Å². The lowest BCUT2D eigenvalue weighted by atomic mass is 10.1. The van der Waals surface area contributed by atoms with Gasteiger partial charge in [0.05, 0.1) is 17.7 Å². The molecular weight excluding hydrogens is 384 g/mol. The van der Waals surface area contributed by atoms with Crippen molar-refractivity contribution in [3.8, 4) is 0 Å². The number of fused-ring (bicyclic) bond motifs is 1. The summed E-state index contributed by atoms with van der Waals surface area (Å²) in [6, 6.07) is 21.5. The number of carbonyl (C=O) groups is 3. The second-order valence-corrected chi connectivity index (χ2v) is 7.51. The van der Waals surface area contributed by atoms with Crippen molar-refractivity contribution in [2.45, 2.75) is 11.4 Å². The molecule has 4 rings (SSSR count). The molecule has 0 bridgehead atoms. The first-order chi connectivity index (χ1) is 14.1. The van der Waals surface area contributed by atoms with Crippen LogP contribution in [0.25, 0.3) is 0 Å². The van der Waals surface area contributed by atoms with Crippen LogP contribution in [0.15, 0.2) is 77.7 Å². The largest absolute Gasteiger partial charge is 0.322 e. The Morgan fingerprint density at radius 3 is 2.41 bits per heavy atom. The van der Waals surface area contributed by atoms with Crippen LogP contribution >= 0.6 is 11.8 Å². The fourth-order valence-electron chi connectivity index (χ4n) is 3.25. The number of carbonyl (C=O) groups excluding carboxylic acids is 3. The van der Waals surface area contributed by atoms with Gasteiger partial charge in [0, 0.05) is 16.1 Å². The molecule has 1 aliphatic heterocycles. The monoisotopic (exact) mass is 402 g/mol. The second kappa shape index (κ2) is 7.93. The third-order valence-corrected chi connectivity index (χ3v) is 5.47. The summed E-state index contributed by atoms with van der Waals surface area (Å²) < 4.78 is 0. The predicted octanol–water partition coefficient (Wildman–Crippen LogP) is 4.46. The molecule has 0 atom stereocenters. The molecule has 3 amide bonds. The van der Waals surface area contributed by atoms with Crippen LogP contribution in [0.3, 0.4) is 0 Å². The average molecular weight is 402 g/mol. The topological polar surface area (TPSA) is 66.5 Å². The minimum atomic E-state index is -0.382. The Bertz CT molecular complexity index is 1110. The summed E-state index contributed by atoms with van der Waals surface area (Å²) in [5, 5.41) is 2.84. The molecule has 0 spiro atoms. The van der Waals surface area contributed by atoms with Crippen molar-refractivity contribution >= 4 is 35.2 Å². The molecule has 1 heterocycles. The number of hydrogen-bond donors (Lipinski definition) is 1. The van der Waals surface area contributed by atoms with E-state index in [1.165, 1.54) is 11.0 Å². The van der Waals surface area contributed by atoms with Crippen LogP contribution < -0.4 is 5.32 Å². The molecule has 0 aliphatic carbocycles. The number of anilines is 1. The Hall–Kier alpha value is -3.38. The Morgan fingerprint density at radius 1 is 0.897 bits per heavy atom. The number of rotatable bonds is 5. The molecule has 29 heavy (non-hydrogen) atoms. The van der Waals surface area contributed by atoms with Crippen molar-refractivity contribution in [2.75, 3.05) is 11.6 Å². The molecular formula is C23H18N2O3S. The van der Waals surface area contributed by atoms with Crippen LogP contribution in [0.1, 0.15) is 36.6 Å². The highest BCUT2D eigenvalue weighted by atomic mass is 32.2. The minimum absolute atomic E-state index is 0.205. The van der Waals surface area contributed by atoms with E-state index >= 15 is 0 Å². The van der Waals surface area contributed by atoms with Gasteiger partial charge in [-0.2, -0.15) is 0 Å². The summed E-state index contributed by atoms with van der Waals surface area (Å²) in [6.45, 7) is 0.205. The van der Waals surface area contributed by atoms with Gasteiger partial charge in [-0.05, 0) is 48.2 Å². The van der Waals surface area contributed by atoms with Crippen molar-refractivity contribution < 1.29 is 14.4 Å². The van der Waals surface area contributed by atoms with E-state index in [2.05, 4.69) is 5.32 Å². The second-order valence-electron chi connectivity index (χ2n) is 6.63. The molecule has 1 N–H and O–H groups in total. The third kappa shape index (κ3) is 3.79. The van der Waals surface area contributed by atoms with Crippen molar-refractivity contribution in [3.05, 3.63) is 95.1 Å². The molecule has 0 saturated heterocycles. The summed E-state index contributed by atoms with van der Waals surface area (Å²) in [7, 11) is 0. The molecule has 3 aromatic carbocycles. The molecule has 0 aromatic heterocycles. The van der Waals surface area contributed by atoms with Crippen molar-refractivity contribution in [2.24, 2.45) is 0 Å². The zero-order valence-electron chi connectivity index (χ0n) is 15.7. The highest BCUT2D eigenvalue weighted by molar-refractivity contribution is 7.98. The number of amides is 3. The first-order valence-corrected chi connectivity index (χ1v) is 10.3. The van der Waals surface area contributed by atoms with Gasteiger partial charge < -0.3 is 5.32 Å². The molecule has 6 heteroatoms. The number of imide groups is 1. The lowest BCUT2D eigenvalue weighted by molar-refractivity contribution is 0.0642. The number of nitrogens with zero attached hydrogens (tertiary/aromatic N) is 1. The fraction of sp³-hybridized carbons (Fsp3) is 0.0870. The van der Waals surface area contributed by atoms with E-state index in [4.69, 9.17) is 0 Å². The van der Waals surface area contributed by atoms with E-state index in [0.29, 0.717) is 16.8 Å². The summed E-state index contributed by atoms with van der Waals surface area (Å²) in [4.78, 5) is 40.3. The summed E-state index contributed by atoms with van der Waals surface area (Å²) in [5.41, 5.74) is 2.47. The van der Waals surface area contributed by atoms with Crippen molar-refractivity contribution in [3.63, 3.8) is 0 Å². The van der Waals surface area contributed by atoms with E-state index in [-0.39, 0.29) is 29.8 Å². The Kier molecular flexibility index (Phi) is 5.18. The van der Waals surface area contributed by atoms with Gasteiger partial charge in [0.15, 0.2) is 0 Å². The summed E-state index contributed by atoms with van der Waals surface area (Å²) >= 11 is 1.58.